The van der Waals surface area contributed by atoms with E-state index in [2.05, 4.69) is 32.5 Å². The molecule has 39 heavy (non-hydrogen) atoms. The fourth-order valence-corrected chi connectivity index (χ4v) is 5.67. The van der Waals surface area contributed by atoms with Crippen molar-refractivity contribution in [2.24, 2.45) is 10.9 Å². The summed E-state index contributed by atoms with van der Waals surface area (Å²) in [6.45, 7) is 4.64. The average Bonchev–Trinajstić information content (AvgIpc) is 3.56. The molecule has 1 N–H and O–H groups in total. The van der Waals surface area contributed by atoms with Gasteiger partial charge < -0.3 is 9.30 Å². The van der Waals surface area contributed by atoms with Crippen LogP contribution in [0.5, 0.6) is 0 Å². The van der Waals surface area contributed by atoms with Gasteiger partial charge in [0, 0.05) is 16.4 Å². The van der Waals surface area contributed by atoms with E-state index < -0.39 is 0 Å². The second-order valence-electron chi connectivity index (χ2n) is 9.62. The fourth-order valence-electron chi connectivity index (χ4n) is 4.51. The molecule has 9 nitrogen and oxygen atoms in total. The molecule has 2 aromatic carbocycles. The van der Waals surface area contributed by atoms with Gasteiger partial charge in [0.25, 0.3) is 5.91 Å². The van der Waals surface area contributed by atoms with Gasteiger partial charge in [0.2, 0.25) is 5.82 Å². The minimum absolute atomic E-state index is 0.00805. The van der Waals surface area contributed by atoms with Crippen molar-refractivity contribution < 1.29 is 14.3 Å². The van der Waals surface area contributed by atoms with Gasteiger partial charge >= 0.3 is 5.97 Å². The van der Waals surface area contributed by atoms with Crippen molar-refractivity contribution in [3.63, 3.8) is 0 Å². The smallest absolute Gasteiger partial charge is 0.356 e. The minimum atomic E-state index is -0.369. The van der Waals surface area contributed by atoms with Crippen LogP contribution in [0.3, 0.4) is 0 Å². The number of hydrogen-bond donors (Lipinski definition) is 1. The molecule has 0 atom stereocenters. The number of unbranched alkanes of at least 4 members (excludes halogenated alkanes) is 2. The van der Waals surface area contributed by atoms with Crippen LogP contribution in [0.4, 0.5) is 0 Å². The maximum Gasteiger partial charge on any atom is 0.356 e. The number of nitrogens with zero attached hydrogens (tertiary/aromatic N) is 5. The SMILES string of the molecule is CCCCCc1sc(=NC(=O)C2CC2)n(Cc2ccc(-c3ccccc3-c3nn[nH]n3)cc2)c1C(=O)OCC. The normalized spacial score (nSPS) is 13.5. The number of esters is 1. The van der Waals surface area contributed by atoms with E-state index in [-0.39, 0.29) is 24.4 Å². The predicted octanol–water partition coefficient (Wildman–Crippen LogP) is 5.19. The summed E-state index contributed by atoms with van der Waals surface area (Å²) in [4.78, 5) is 31.8. The van der Waals surface area contributed by atoms with E-state index in [1.54, 1.807) is 6.92 Å². The van der Waals surface area contributed by atoms with E-state index in [1.165, 1.54) is 11.3 Å². The van der Waals surface area contributed by atoms with E-state index in [0.717, 1.165) is 65.7 Å². The molecule has 1 aliphatic rings. The van der Waals surface area contributed by atoms with E-state index in [9.17, 15) is 9.59 Å². The number of hydrogen-bond acceptors (Lipinski definition) is 7. The van der Waals surface area contributed by atoms with Crippen molar-refractivity contribution in [3.8, 4) is 22.5 Å². The number of nitrogens with one attached hydrogen (secondary N) is 1. The summed E-state index contributed by atoms with van der Waals surface area (Å²) < 4.78 is 7.33. The van der Waals surface area contributed by atoms with Gasteiger partial charge in [-0.2, -0.15) is 10.2 Å². The Labute approximate surface area is 231 Å². The Bertz CT molecular complexity index is 1500. The topological polar surface area (TPSA) is 115 Å². The summed E-state index contributed by atoms with van der Waals surface area (Å²) in [5.41, 5.74) is 4.37. The van der Waals surface area contributed by atoms with Gasteiger partial charge in [0.1, 0.15) is 5.69 Å². The Balaban J connectivity index is 1.51. The zero-order valence-electron chi connectivity index (χ0n) is 22.2. The van der Waals surface area contributed by atoms with Crippen LogP contribution < -0.4 is 4.80 Å². The molecule has 0 saturated heterocycles. The van der Waals surface area contributed by atoms with Crippen molar-refractivity contribution >= 4 is 23.2 Å². The maximum absolute atomic E-state index is 13.2. The minimum Gasteiger partial charge on any atom is -0.461 e. The number of amides is 1. The molecule has 0 spiro atoms. The summed E-state index contributed by atoms with van der Waals surface area (Å²) >= 11 is 1.44. The number of rotatable bonds is 11. The molecule has 0 aliphatic heterocycles. The van der Waals surface area contributed by atoms with Crippen molar-refractivity contribution in [2.45, 2.75) is 58.9 Å². The van der Waals surface area contributed by atoms with Crippen LogP contribution in [0.25, 0.3) is 22.5 Å². The Morgan fingerprint density at radius 1 is 1.08 bits per heavy atom. The lowest BCUT2D eigenvalue weighted by molar-refractivity contribution is -0.119. The molecule has 1 amide bonds. The highest BCUT2D eigenvalue weighted by Gasteiger charge is 2.30. The number of aromatic amines is 1. The summed E-state index contributed by atoms with van der Waals surface area (Å²) in [6, 6.07) is 16.1. The van der Waals surface area contributed by atoms with Gasteiger partial charge in [-0.1, -0.05) is 68.3 Å². The Morgan fingerprint density at radius 3 is 2.51 bits per heavy atom. The molecule has 10 heteroatoms. The van der Waals surface area contributed by atoms with Crippen molar-refractivity contribution in [3.05, 3.63) is 69.5 Å². The van der Waals surface area contributed by atoms with Crippen LogP contribution in [-0.4, -0.2) is 43.7 Å². The second kappa shape index (κ2) is 12.3. The molecule has 0 bridgehead atoms. The van der Waals surface area contributed by atoms with Gasteiger partial charge in [0.05, 0.1) is 13.2 Å². The maximum atomic E-state index is 13.2. The van der Waals surface area contributed by atoms with Gasteiger partial charge in [0.15, 0.2) is 4.80 Å². The molecule has 5 rings (SSSR count). The lowest BCUT2D eigenvalue weighted by atomic mass is 9.98. The summed E-state index contributed by atoms with van der Waals surface area (Å²) in [7, 11) is 0. The third-order valence-electron chi connectivity index (χ3n) is 6.71. The number of ether oxygens (including phenoxy) is 1. The van der Waals surface area contributed by atoms with Crippen molar-refractivity contribution in [2.75, 3.05) is 6.61 Å². The Kier molecular flexibility index (Phi) is 8.41. The lowest BCUT2D eigenvalue weighted by Gasteiger charge is -2.12. The third-order valence-corrected chi connectivity index (χ3v) is 7.85. The molecule has 2 heterocycles. The first kappa shape index (κ1) is 26.7. The van der Waals surface area contributed by atoms with Crippen LogP contribution >= 0.6 is 11.3 Å². The van der Waals surface area contributed by atoms with Crippen molar-refractivity contribution in [1.82, 2.24) is 25.2 Å². The zero-order chi connectivity index (χ0) is 27.2. The van der Waals surface area contributed by atoms with Gasteiger partial charge in [-0.05, 0) is 54.5 Å². The number of carbonyl (C=O) groups excluding carboxylic acids is 2. The molecule has 1 fully saturated rings. The number of H-pyrrole nitrogens is 1. The van der Waals surface area contributed by atoms with Crippen LogP contribution in [0.1, 0.15) is 66.9 Å². The van der Waals surface area contributed by atoms with Gasteiger partial charge in [-0.25, -0.2) is 4.79 Å². The highest BCUT2D eigenvalue weighted by atomic mass is 32.1. The van der Waals surface area contributed by atoms with Gasteiger partial charge in [-0.3, -0.25) is 4.79 Å². The largest absolute Gasteiger partial charge is 0.461 e. The van der Waals surface area contributed by atoms with E-state index in [4.69, 9.17) is 4.74 Å². The number of tetrazole rings is 1. The molecule has 0 radical (unpaired) electrons. The zero-order valence-corrected chi connectivity index (χ0v) is 23.0. The number of benzene rings is 2. The molecule has 1 aliphatic carbocycles. The molecule has 202 valence electrons. The molecular weight excluding hydrogens is 512 g/mol. The quantitative estimate of drug-likeness (QED) is 0.205. The van der Waals surface area contributed by atoms with Crippen LogP contribution in [-0.2, 0) is 22.5 Å². The first-order chi connectivity index (χ1) is 19.1. The van der Waals surface area contributed by atoms with Crippen LogP contribution in [0.2, 0.25) is 0 Å². The van der Waals surface area contributed by atoms with Crippen molar-refractivity contribution in [1.29, 1.82) is 0 Å². The third kappa shape index (κ3) is 6.22. The molecular formula is C29H32N6O3S. The summed E-state index contributed by atoms with van der Waals surface area (Å²) in [5.74, 6) is 0.0682. The number of thiazole rings is 1. The van der Waals surface area contributed by atoms with Crippen LogP contribution in [0.15, 0.2) is 53.5 Å². The number of aromatic nitrogens is 5. The van der Waals surface area contributed by atoms with Crippen LogP contribution in [0, 0.1) is 5.92 Å². The Morgan fingerprint density at radius 2 is 1.85 bits per heavy atom. The standard InChI is InChI=1S/C29H32N6O3S/c1-3-5-6-11-24-25(28(37)38-4-2)35(29(39-24)30-27(36)21-16-17-21)18-19-12-14-20(15-13-19)22-9-7-8-10-23(22)26-31-33-34-32-26/h7-10,12-15,21H,3-6,11,16-18H2,1-2H3,(H,31,32,33,34). The molecule has 1 saturated carbocycles. The van der Waals surface area contributed by atoms with E-state index in [1.807, 2.05) is 53.1 Å². The second-order valence-corrected chi connectivity index (χ2v) is 10.7. The lowest BCUT2D eigenvalue weighted by Crippen LogP contribution is -2.24. The van der Waals surface area contributed by atoms with E-state index >= 15 is 0 Å². The van der Waals surface area contributed by atoms with E-state index in [0.29, 0.717) is 22.9 Å². The molecule has 4 aromatic rings. The fraction of sp³-hybridized carbons (Fsp3) is 0.379. The first-order valence-corrected chi connectivity index (χ1v) is 14.3. The van der Waals surface area contributed by atoms with Gasteiger partial charge in [-0.15, -0.1) is 21.5 Å². The predicted molar refractivity (Wildman–Crippen MR) is 149 cm³/mol. The number of aryl methyl sites for hydroxylation is 1. The summed E-state index contributed by atoms with van der Waals surface area (Å²) in [6.07, 6.45) is 5.64. The average molecular weight is 545 g/mol. The highest BCUT2D eigenvalue weighted by molar-refractivity contribution is 7.09. The summed E-state index contributed by atoms with van der Waals surface area (Å²) in [5, 5.41) is 14.5. The molecule has 2 aromatic heterocycles. The monoisotopic (exact) mass is 544 g/mol. The first-order valence-electron chi connectivity index (χ1n) is 13.5. The number of carbonyl (C=O) groups is 2. The highest BCUT2D eigenvalue weighted by Crippen LogP contribution is 2.31. The Hall–Kier alpha value is -3.92. The molecule has 0 unspecified atom stereocenters.